The summed E-state index contributed by atoms with van der Waals surface area (Å²) in [6.07, 6.45) is 0. The summed E-state index contributed by atoms with van der Waals surface area (Å²) < 4.78 is 18.2. The fraction of sp³-hybridized carbons (Fsp3) is 0.294. The Bertz CT molecular complexity index is 598. The second-order valence-corrected chi connectivity index (χ2v) is 4.86. The van der Waals surface area contributed by atoms with Crippen molar-refractivity contribution in [2.45, 2.75) is 19.9 Å². The van der Waals surface area contributed by atoms with Crippen molar-refractivity contribution < 1.29 is 14.2 Å². The molecule has 1 unspecified atom stereocenters. The molecule has 1 atom stereocenters. The fourth-order valence-electron chi connectivity index (χ4n) is 2.48. The van der Waals surface area contributed by atoms with E-state index in [0.29, 0.717) is 5.75 Å². The molecule has 2 aromatic rings. The molecular formula is C17H20FNO2. The molecule has 2 rings (SSSR count). The molecule has 0 saturated heterocycles. The van der Waals surface area contributed by atoms with Crippen LogP contribution in [-0.4, -0.2) is 18.8 Å². The van der Waals surface area contributed by atoms with Crippen molar-refractivity contribution >= 4 is 5.69 Å². The first kappa shape index (κ1) is 15.2. The van der Waals surface area contributed by atoms with Crippen LogP contribution in [0.2, 0.25) is 0 Å². The summed E-state index contributed by atoms with van der Waals surface area (Å²) in [5, 5.41) is 10.2. The molecule has 0 fully saturated rings. The first-order valence-corrected chi connectivity index (χ1v) is 6.96. The molecule has 0 spiro atoms. The lowest BCUT2D eigenvalue weighted by molar-refractivity contribution is 0.405. The Kier molecular flexibility index (Phi) is 4.68. The summed E-state index contributed by atoms with van der Waals surface area (Å²) in [4.78, 5) is 2.10. The zero-order chi connectivity index (χ0) is 15.4. The van der Waals surface area contributed by atoms with Gasteiger partial charge < -0.3 is 14.7 Å². The smallest absolute Gasteiger partial charge is 0.124 e. The molecule has 0 heterocycles. The van der Waals surface area contributed by atoms with Crippen molar-refractivity contribution in [3.63, 3.8) is 0 Å². The van der Waals surface area contributed by atoms with E-state index in [4.69, 9.17) is 4.74 Å². The summed E-state index contributed by atoms with van der Waals surface area (Å²) >= 11 is 0. The Morgan fingerprint density at radius 2 is 1.86 bits per heavy atom. The SMILES string of the molecule is CCN(c1ccc(F)cc1)C(C)c1ccc(OC)cc1O. The summed E-state index contributed by atoms with van der Waals surface area (Å²) in [7, 11) is 1.56. The zero-order valence-electron chi connectivity index (χ0n) is 12.5. The minimum atomic E-state index is -0.255. The standard InChI is InChI=1S/C17H20FNO2/c1-4-19(14-7-5-13(18)6-8-14)12(2)16-10-9-15(21-3)11-17(16)20/h5-12,20H,4H2,1-3H3. The molecule has 0 amide bonds. The van der Waals surface area contributed by atoms with E-state index in [-0.39, 0.29) is 17.6 Å². The largest absolute Gasteiger partial charge is 0.507 e. The number of hydrogen-bond acceptors (Lipinski definition) is 3. The lowest BCUT2D eigenvalue weighted by Gasteiger charge is -2.31. The molecule has 0 aliphatic carbocycles. The van der Waals surface area contributed by atoms with E-state index in [2.05, 4.69) is 4.90 Å². The highest BCUT2D eigenvalue weighted by atomic mass is 19.1. The minimum Gasteiger partial charge on any atom is -0.507 e. The average molecular weight is 289 g/mol. The summed E-state index contributed by atoms with van der Waals surface area (Å²) in [6.45, 7) is 4.78. The molecular weight excluding hydrogens is 269 g/mol. The lowest BCUT2D eigenvalue weighted by Crippen LogP contribution is -2.26. The maximum Gasteiger partial charge on any atom is 0.124 e. The Balaban J connectivity index is 2.31. The van der Waals surface area contributed by atoms with E-state index in [1.165, 1.54) is 12.1 Å². The highest BCUT2D eigenvalue weighted by Gasteiger charge is 2.18. The number of phenols is 1. The monoisotopic (exact) mass is 289 g/mol. The molecule has 4 heteroatoms. The van der Waals surface area contributed by atoms with E-state index in [1.54, 1.807) is 25.3 Å². The Morgan fingerprint density at radius 3 is 2.38 bits per heavy atom. The van der Waals surface area contributed by atoms with Crippen molar-refractivity contribution in [2.75, 3.05) is 18.6 Å². The van der Waals surface area contributed by atoms with Gasteiger partial charge in [0.05, 0.1) is 13.2 Å². The summed E-state index contributed by atoms with van der Waals surface area (Å²) in [5.41, 5.74) is 1.73. The van der Waals surface area contributed by atoms with Crippen LogP contribution >= 0.6 is 0 Å². The van der Waals surface area contributed by atoms with E-state index in [9.17, 15) is 9.50 Å². The number of nitrogens with zero attached hydrogens (tertiary/aromatic N) is 1. The third-order valence-electron chi connectivity index (χ3n) is 3.65. The minimum absolute atomic E-state index is 0.0358. The first-order chi connectivity index (χ1) is 10.1. The third kappa shape index (κ3) is 3.27. The molecule has 3 nitrogen and oxygen atoms in total. The molecule has 0 aromatic heterocycles. The predicted molar refractivity (Wildman–Crippen MR) is 82.5 cm³/mol. The van der Waals surface area contributed by atoms with Gasteiger partial charge in [-0.05, 0) is 50.2 Å². The number of aromatic hydroxyl groups is 1. The van der Waals surface area contributed by atoms with Gasteiger partial charge >= 0.3 is 0 Å². The van der Waals surface area contributed by atoms with Gasteiger partial charge in [0.25, 0.3) is 0 Å². The van der Waals surface area contributed by atoms with Gasteiger partial charge in [-0.3, -0.25) is 0 Å². The van der Waals surface area contributed by atoms with Gasteiger partial charge in [0, 0.05) is 23.9 Å². The predicted octanol–water partition coefficient (Wildman–Crippen LogP) is 4.13. The lowest BCUT2D eigenvalue weighted by atomic mass is 10.0. The van der Waals surface area contributed by atoms with Crippen LogP contribution in [0.5, 0.6) is 11.5 Å². The van der Waals surface area contributed by atoms with Gasteiger partial charge in [-0.25, -0.2) is 4.39 Å². The molecule has 2 aromatic carbocycles. The van der Waals surface area contributed by atoms with Crippen molar-refractivity contribution in [3.05, 3.63) is 53.8 Å². The molecule has 1 N–H and O–H groups in total. The van der Waals surface area contributed by atoms with Crippen LogP contribution in [-0.2, 0) is 0 Å². The van der Waals surface area contributed by atoms with Crippen molar-refractivity contribution in [1.82, 2.24) is 0 Å². The number of hydrogen-bond donors (Lipinski definition) is 1. The highest BCUT2D eigenvalue weighted by Crippen LogP contribution is 2.34. The number of benzene rings is 2. The molecule has 0 bridgehead atoms. The third-order valence-corrected chi connectivity index (χ3v) is 3.65. The van der Waals surface area contributed by atoms with Crippen LogP contribution in [0.4, 0.5) is 10.1 Å². The van der Waals surface area contributed by atoms with E-state index in [0.717, 1.165) is 17.8 Å². The van der Waals surface area contributed by atoms with Gasteiger partial charge in [0.2, 0.25) is 0 Å². The summed E-state index contributed by atoms with van der Waals surface area (Å²) in [6, 6.07) is 11.6. The number of rotatable bonds is 5. The number of methoxy groups -OCH3 is 1. The molecule has 0 aliphatic heterocycles. The Morgan fingerprint density at radius 1 is 1.19 bits per heavy atom. The van der Waals surface area contributed by atoms with E-state index >= 15 is 0 Å². The second kappa shape index (κ2) is 6.48. The average Bonchev–Trinajstić information content (AvgIpc) is 2.49. The Labute approximate surface area is 124 Å². The van der Waals surface area contributed by atoms with Gasteiger partial charge in [0.15, 0.2) is 0 Å². The number of anilines is 1. The molecule has 0 aliphatic rings. The molecule has 0 saturated carbocycles. The second-order valence-electron chi connectivity index (χ2n) is 4.86. The Hall–Kier alpha value is -2.23. The van der Waals surface area contributed by atoms with Crippen LogP contribution in [0.15, 0.2) is 42.5 Å². The fourth-order valence-corrected chi connectivity index (χ4v) is 2.48. The van der Waals surface area contributed by atoms with Gasteiger partial charge in [-0.2, -0.15) is 0 Å². The first-order valence-electron chi connectivity index (χ1n) is 6.96. The molecule has 21 heavy (non-hydrogen) atoms. The van der Waals surface area contributed by atoms with Gasteiger partial charge in [-0.1, -0.05) is 0 Å². The zero-order valence-corrected chi connectivity index (χ0v) is 12.5. The van der Waals surface area contributed by atoms with Crippen molar-refractivity contribution in [3.8, 4) is 11.5 Å². The van der Waals surface area contributed by atoms with E-state index in [1.807, 2.05) is 26.0 Å². The van der Waals surface area contributed by atoms with Crippen LogP contribution in [0.25, 0.3) is 0 Å². The van der Waals surface area contributed by atoms with Crippen molar-refractivity contribution in [1.29, 1.82) is 0 Å². The number of halogens is 1. The number of phenolic OH excluding ortho intramolecular Hbond substituents is 1. The van der Waals surface area contributed by atoms with Crippen LogP contribution in [0.1, 0.15) is 25.5 Å². The van der Waals surface area contributed by atoms with Crippen molar-refractivity contribution in [2.24, 2.45) is 0 Å². The number of ether oxygens (including phenoxy) is 1. The molecule has 112 valence electrons. The normalized spacial score (nSPS) is 12.0. The van der Waals surface area contributed by atoms with E-state index < -0.39 is 0 Å². The highest BCUT2D eigenvalue weighted by molar-refractivity contribution is 5.51. The quantitative estimate of drug-likeness (QED) is 0.898. The van der Waals surface area contributed by atoms with Gasteiger partial charge in [-0.15, -0.1) is 0 Å². The topological polar surface area (TPSA) is 32.7 Å². The van der Waals surface area contributed by atoms with Gasteiger partial charge in [0.1, 0.15) is 17.3 Å². The maximum atomic E-state index is 13.1. The van der Waals surface area contributed by atoms with Crippen LogP contribution in [0.3, 0.4) is 0 Å². The maximum absolute atomic E-state index is 13.1. The molecule has 0 radical (unpaired) electrons. The summed E-state index contributed by atoms with van der Waals surface area (Å²) in [5.74, 6) is 0.561. The van der Waals surface area contributed by atoms with Crippen LogP contribution in [0, 0.1) is 5.82 Å². The van der Waals surface area contributed by atoms with Crippen LogP contribution < -0.4 is 9.64 Å².